The standard InChI is InChI=1S/C10H12ClN3O/c1-12-6-7-9(11)14(2)10(13-7)8-4-3-5-15-8/h3-5,12H,6H2,1-2H3. The highest BCUT2D eigenvalue weighted by Crippen LogP contribution is 2.24. The van der Waals surface area contributed by atoms with Gasteiger partial charge in [-0.15, -0.1) is 0 Å². The van der Waals surface area contributed by atoms with E-state index in [1.165, 1.54) is 0 Å². The quantitative estimate of drug-likeness (QED) is 0.870. The van der Waals surface area contributed by atoms with Crippen LogP contribution in [0.5, 0.6) is 0 Å². The van der Waals surface area contributed by atoms with Crippen LogP contribution in [0.4, 0.5) is 0 Å². The molecule has 0 amide bonds. The van der Waals surface area contributed by atoms with Gasteiger partial charge in [-0.1, -0.05) is 11.6 Å². The number of nitrogens with zero attached hydrogens (tertiary/aromatic N) is 2. The first-order valence-electron chi connectivity index (χ1n) is 4.63. The summed E-state index contributed by atoms with van der Waals surface area (Å²) in [5.74, 6) is 1.47. The number of halogens is 1. The van der Waals surface area contributed by atoms with Gasteiger partial charge >= 0.3 is 0 Å². The molecule has 0 aliphatic carbocycles. The summed E-state index contributed by atoms with van der Waals surface area (Å²) in [6.45, 7) is 0.646. The highest BCUT2D eigenvalue weighted by molar-refractivity contribution is 6.30. The average Bonchev–Trinajstić information content (AvgIpc) is 2.82. The Kier molecular flexibility index (Phi) is 2.79. The van der Waals surface area contributed by atoms with Gasteiger partial charge in [-0.25, -0.2) is 4.98 Å². The van der Waals surface area contributed by atoms with Gasteiger partial charge in [-0.3, -0.25) is 0 Å². The highest BCUT2D eigenvalue weighted by Gasteiger charge is 2.15. The van der Waals surface area contributed by atoms with Crippen molar-refractivity contribution < 1.29 is 4.42 Å². The van der Waals surface area contributed by atoms with Crippen LogP contribution in [0, 0.1) is 0 Å². The Morgan fingerprint density at radius 1 is 1.60 bits per heavy atom. The summed E-state index contributed by atoms with van der Waals surface area (Å²) in [5, 5.41) is 3.65. The molecule has 0 spiro atoms. The lowest BCUT2D eigenvalue weighted by Gasteiger charge is -1.97. The van der Waals surface area contributed by atoms with Gasteiger partial charge in [0.05, 0.1) is 12.0 Å². The number of rotatable bonds is 3. The molecular weight excluding hydrogens is 214 g/mol. The fourth-order valence-electron chi connectivity index (χ4n) is 1.44. The smallest absolute Gasteiger partial charge is 0.177 e. The molecule has 2 aromatic heterocycles. The molecule has 4 nitrogen and oxygen atoms in total. The van der Waals surface area contributed by atoms with Crippen molar-refractivity contribution in [2.75, 3.05) is 7.05 Å². The van der Waals surface area contributed by atoms with Gasteiger partial charge in [0.1, 0.15) is 5.15 Å². The Morgan fingerprint density at radius 2 is 2.40 bits per heavy atom. The van der Waals surface area contributed by atoms with E-state index in [2.05, 4.69) is 10.3 Å². The molecule has 80 valence electrons. The number of aromatic nitrogens is 2. The Hall–Kier alpha value is -1.26. The molecule has 0 aliphatic heterocycles. The van der Waals surface area contributed by atoms with E-state index in [4.69, 9.17) is 16.0 Å². The third-order valence-electron chi connectivity index (χ3n) is 2.18. The van der Waals surface area contributed by atoms with E-state index in [0.717, 1.165) is 17.3 Å². The zero-order valence-corrected chi connectivity index (χ0v) is 9.38. The van der Waals surface area contributed by atoms with Crippen molar-refractivity contribution in [1.29, 1.82) is 0 Å². The molecule has 0 saturated heterocycles. The van der Waals surface area contributed by atoms with Crippen molar-refractivity contribution in [2.45, 2.75) is 6.54 Å². The molecule has 0 saturated carbocycles. The van der Waals surface area contributed by atoms with Crippen LogP contribution in [0.25, 0.3) is 11.6 Å². The minimum atomic E-state index is 0.635. The minimum absolute atomic E-state index is 0.635. The molecule has 0 aliphatic rings. The lowest BCUT2D eigenvalue weighted by molar-refractivity contribution is 0.574. The van der Waals surface area contributed by atoms with Gasteiger partial charge < -0.3 is 14.3 Å². The summed E-state index contributed by atoms with van der Waals surface area (Å²) < 4.78 is 7.10. The van der Waals surface area contributed by atoms with Crippen LogP contribution in [0.15, 0.2) is 22.8 Å². The van der Waals surface area contributed by atoms with Gasteiger partial charge in [0.2, 0.25) is 0 Å². The van der Waals surface area contributed by atoms with Crippen molar-refractivity contribution >= 4 is 11.6 Å². The van der Waals surface area contributed by atoms with Crippen LogP contribution in [0.3, 0.4) is 0 Å². The summed E-state index contributed by atoms with van der Waals surface area (Å²) in [5.41, 5.74) is 0.827. The van der Waals surface area contributed by atoms with E-state index < -0.39 is 0 Å². The van der Waals surface area contributed by atoms with E-state index in [1.807, 2.05) is 30.8 Å². The Bertz CT molecular complexity index is 447. The molecular formula is C10H12ClN3O. The first-order valence-corrected chi connectivity index (χ1v) is 5.01. The maximum Gasteiger partial charge on any atom is 0.177 e. The summed E-state index contributed by atoms with van der Waals surface area (Å²) in [6, 6.07) is 3.69. The predicted octanol–water partition coefficient (Wildman–Crippen LogP) is 2.05. The second-order valence-electron chi connectivity index (χ2n) is 3.24. The highest BCUT2D eigenvalue weighted by atomic mass is 35.5. The van der Waals surface area contributed by atoms with Crippen LogP contribution >= 0.6 is 11.6 Å². The molecule has 15 heavy (non-hydrogen) atoms. The normalized spacial score (nSPS) is 10.9. The van der Waals surface area contributed by atoms with E-state index in [1.54, 1.807) is 6.26 Å². The van der Waals surface area contributed by atoms with Crippen LogP contribution in [-0.2, 0) is 13.6 Å². The largest absolute Gasteiger partial charge is 0.461 e. The van der Waals surface area contributed by atoms with Crippen molar-refractivity contribution in [3.05, 3.63) is 29.2 Å². The molecule has 2 rings (SSSR count). The number of hydrogen-bond donors (Lipinski definition) is 1. The SMILES string of the molecule is CNCc1nc(-c2ccco2)n(C)c1Cl. The summed E-state index contributed by atoms with van der Waals surface area (Å²) in [6.07, 6.45) is 1.62. The molecule has 2 heterocycles. The van der Waals surface area contributed by atoms with Gasteiger partial charge in [0.25, 0.3) is 0 Å². The lowest BCUT2D eigenvalue weighted by atomic mass is 10.4. The van der Waals surface area contributed by atoms with Crippen LogP contribution in [-0.4, -0.2) is 16.6 Å². The molecule has 1 N–H and O–H groups in total. The second-order valence-corrected chi connectivity index (χ2v) is 3.60. The molecule has 0 aromatic carbocycles. The third kappa shape index (κ3) is 1.78. The van der Waals surface area contributed by atoms with Gasteiger partial charge in [-0.05, 0) is 19.2 Å². The Morgan fingerprint density at radius 3 is 3.00 bits per heavy atom. The number of nitrogens with one attached hydrogen (secondary N) is 1. The first-order chi connectivity index (χ1) is 7.24. The molecule has 0 bridgehead atoms. The summed E-state index contributed by atoms with van der Waals surface area (Å²) >= 11 is 6.13. The van der Waals surface area contributed by atoms with Crippen molar-refractivity contribution in [3.63, 3.8) is 0 Å². The van der Waals surface area contributed by atoms with Crippen molar-refractivity contribution in [3.8, 4) is 11.6 Å². The van der Waals surface area contributed by atoms with Crippen molar-refractivity contribution in [1.82, 2.24) is 14.9 Å². The molecule has 0 atom stereocenters. The van der Waals surface area contributed by atoms with Crippen LogP contribution < -0.4 is 5.32 Å². The van der Waals surface area contributed by atoms with Crippen LogP contribution in [0.1, 0.15) is 5.69 Å². The Balaban J connectivity index is 2.45. The second kappa shape index (κ2) is 4.08. The lowest BCUT2D eigenvalue weighted by Crippen LogP contribution is -2.05. The van der Waals surface area contributed by atoms with Gasteiger partial charge in [0.15, 0.2) is 11.6 Å². The molecule has 0 unspecified atom stereocenters. The fraction of sp³-hybridized carbons (Fsp3) is 0.300. The van der Waals surface area contributed by atoms with E-state index in [9.17, 15) is 0 Å². The average molecular weight is 226 g/mol. The number of furan rings is 1. The molecule has 0 fully saturated rings. The number of hydrogen-bond acceptors (Lipinski definition) is 3. The van der Waals surface area contributed by atoms with Gasteiger partial charge in [-0.2, -0.15) is 0 Å². The number of imidazole rings is 1. The topological polar surface area (TPSA) is 43.0 Å². The fourth-order valence-corrected chi connectivity index (χ4v) is 1.63. The van der Waals surface area contributed by atoms with Crippen LogP contribution in [0.2, 0.25) is 5.15 Å². The monoisotopic (exact) mass is 225 g/mol. The van der Waals surface area contributed by atoms with Gasteiger partial charge in [0, 0.05) is 13.6 Å². The summed E-state index contributed by atoms with van der Waals surface area (Å²) in [7, 11) is 3.73. The maximum atomic E-state index is 6.13. The van der Waals surface area contributed by atoms with E-state index in [0.29, 0.717) is 11.7 Å². The predicted molar refractivity (Wildman–Crippen MR) is 58.7 cm³/mol. The zero-order chi connectivity index (χ0) is 10.8. The minimum Gasteiger partial charge on any atom is -0.461 e. The maximum absolute atomic E-state index is 6.13. The molecule has 0 radical (unpaired) electrons. The first kappa shape index (κ1) is 10.3. The molecule has 2 aromatic rings. The molecule has 5 heteroatoms. The van der Waals surface area contributed by atoms with E-state index >= 15 is 0 Å². The van der Waals surface area contributed by atoms with E-state index in [-0.39, 0.29) is 0 Å². The third-order valence-corrected chi connectivity index (χ3v) is 2.65. The zero-order valence-electron chi connectivity index (χ0n) is 8.62. The Labute approximate surface area is 92.9 Å². The summed E-state index contributed by atoms with van der Waals surface area (Å²) in [4.78, 5) is 4.42. The van der Waals surface area contributed by atoms with Crippen molar-refractivity contribution in [2.24, 2.45) is 7.05 Å².